The zero-order chi connectivity index (χ0) is 14.0. The molecule has 0 fully saturated rings. The van der Waals surface area contributed by atoms with Gasteiger partial charge in [-0.15, -0.1) is 11.3 Å². The van der Waals surface area contributed by atoms with Crippen molar-refractivity contribution in [2.45, 2.75) is 19.9 Å². The van der Waals surface area contributed by atoms with E-state index in [1.807, 2.05) is 32.0 Å². The maximum atomic E-state index is 11.0. The number of aryl methyl sites for hydroxylation is 1. The predicted octanol–water partition coefficient (Wildman–Crippen LogP) is 4.79. The summed E-state index contributed by atoms with van der Waals surface area (Å²) in [5, 5.41) is 14.2. The van der Waals surface area contributed by atoms with Crippen molar-refractivity contribution >= 4 is 34.3 Å². The van der Waals surface area contributed by atoms with E-state index in [2.05, 4.69) is 5.32 Å². The molecule has 0 radical (unpaired) electrons. The molecule has 0 saturated heterocycles. The second-order valence-electron chi connectivity index (χ2n) is 4.29. The lowest BCUT2D eigenvalue weighted by molar-refractivity contribution is -0.384. The van der Waals surface area contributed by atoms with Crippen LogP contribution in [0.25, 0.3) is 0 Å². The third-order valence-electron chi connectivity index (χ3n) is 2.74. The number of nitro groups is 1. The Labute approximate surface area is 120 Å². The number of anilines is 1. The molecule has 0 aliphatic rings. The summed E-state index contributed by atoms with van der Waals surface area (Å²) >= 11 is 7.36. The highest BCUT2D eigenvalue weighted by Crippen LogP contribution is 2.32. The number of rotatable bonds is 4. The minimum absolute atomic E-state index is 0.0288. The van der Waals surface area contributed by atoms with E-state index < -0.39 is 0 Å². The van der Waals surface area contributed by atoms with E-state index in [4.69, 9.17) is 11.6 Å². The molecule has 1 unspecified atom stereocenters. The molecule has 0 spiro atoms. The van der Waals surface area contributed by atoms with E-state index in [0.717, 1.165) is 10.4 Å². The molecule has 19 heavy (non-hydrogen) atoms. The lowest BCUT2D eigenvalue weighted by atomic mass is 10.1. The summed E-state index contributed by atoms with van der Waals surface area (Å²) in [6.07, 6.45) is 0. The quantitative estimate of drug-likeness (QED) is 0.652. The number of thiophene rings is 1. The van der Waals surface area contributed by atoms with Gasteiger partial charge in [0.1, 0.15) is 5.69 Å². The van der Waals surface area contributed by atoms with E-state index in [-0.39, 0.29) is 16.7 Å². The van der Waals surface area contributed by atoms with Crippen LogP contribution in [0.3, 0.4) is 0 Å². The van der Waals surface area contributed by atoms with Gasteiger partial charge in [-0.2, -0.15) is 0 Å². The molecule has 2 aromatic rings. The fraction of sp³-hybridized carbons (Fsp3) is 0.231. The Kier molecular flexibility index (Phi) is 4.07. The Morgan fingerprint density at radius 1 is 1.37 bits per heavy atom. The van der Waals surface area contributed by atoms with Crippen molar-refractivity contribution in [3.05, 3.63) is 55.2 Å². The molecule has 1 aromatic carbocycles. The average Bonchev–Trinajstić information content (AvgIpc) is 2.78. The fourth-order valence-corrected chi connectivity index (χ4v) is 2.84. The minimum atomic E-state index is -0.372. The number of hydrogen-bond donors (Lipinski definition) is 1. The maximum absolute atomic E-state index is 11.0. The lowest BCUT2D eigenvalue weighted by Crippen LogP contribution is -2.07. The van der Waals surface area contributed by atoms with Gasteiger partial charge in [-0.25, -0.2) is 0 Å². The summed E-state index contributed by atoms with van der Waals surface area (Å²) in [5.41, 5.74) is 1.48. The van der Waals surface area contributed by atoms with E-state index in [1.54, 1.807) is 12.1 Å². The molecule has 0 aliphatic heterocycles. The molecule has 6 heteroatoms. The van der Waals surface area contributed by atoms with Crippen molar-refractivity contribution in [1.29, 1.82) is 0 Å². The summed E-state index contributed by atoms with van der Waals surface area (Å²) in [6.45, 7) is 3.78. The van der Waals surface area contributed by atoms with Crippen molar-refractivity contribution in [2.75, 3.05) is 5.32 Å². The number of nitro benzene ring substituents is 1. The highest BCUT2D eigenvalue weighted by atomic mass is 35.5. The maximum Gasteiger partial charge on any atom is 0.292 e. The number of nitrogens with one attached hydrogen (secondary N) is 1. The van der Waals surface area contributed by atoms with Crippen molar-refractivity contribution in [2.24, 2.45) is 0 Å². The lowest BCUT2D eigenvalue weighted by Gasteiger charge is -2.14. The topological polar surface area (TPSA) is 55.2 Å². The summed E-state index contributed by atoms with van der Waals surface area (Å²) < 4.78 is 0.710. The number of halogens is 1. The van der Waals surface area contributed by atoms with Crippen molar-refractivity contribution in [1.82, 2.24) is 0 Å². The van der Waals surface area contributed by atoms with Gasteiger partial charge in [0.05, 0.1) is 15.3 Å². The fourth-order valence-electron chi connectivity index (χ4n) is 1.78. The Balaban J connectivity index is 2.26. The number of benzene rings is 1. The van der Waals surface area contributed by atoms with Gasteiger partial charge in [0.15, 0.2) is 0 Å². The van der Waals surface area contributed by atoms with Crippen LogP contribution in [0.1, 0.15) is 23.4 Å². The van der Waals surface area contributed by atoms with Gasteiger partial charge >= 0.3 is 0 Å². The molecule has 2 rings (SSSR count). The molecular formula is C13H13ClN2O2S. The van der Waals surface area contributed by atoms with Gasteiger partial charge < -0.3 is 5.32 Å². The minimum Gasteiger partial charge on any atom is -0.372 e. The van der Waals surface area contributed by atoms with Crippen LogP contribution in [0.2, 0.25) is 4.34 Å². The van der Waals surface area contributed by atoms with Gasteiger partial charge in [0, 0.05) is 10.9 Å². The Hall–Kier alpha value is -1.59. The van der Waals surface area contributed by atoms with Gasteiger partial charge in [0.2, 0.25) is 0 Å². The first-order valence-corrected chi connectivity index (χ1v) is 6.93. The standard InChI is InChI=1S/C13H13ClN2O2S/c1-8-3-4-10(11(7-8)16(17)18)15-9(2)12-5-6-13(14)19-12/h3-7,9,15H,1-2H3. The number of nitrogens with zero attached hydrogens (tertiary/aromatic N) is 1. The van der Waals surface area contributed by atoms with Crippen LogP contribution in [0, 0.1) is 17.0 Å². The van der Waals surface area contributed by atoms with Crippen LogP contribution in [0.5, 0.6) is 0 Å². The van der Waals surface area contributed by atoms with Gasteiger partial charge in [-0.3, -0.25) is 10.1 Å². The Morgan fingerprint density at radius 3 is 2.68 bits per heavy atom. The second-order valence-corrected chi connectivity index (χ2v) is 6.03. The highest BCUT2D eigenvalue weighted by molar-refractivity contribution is 7.16. The van der Waals surface area contributed by atoms with E-state index in [1.165, 1.54) is 11.3 Å². The molecule has 0 amide bonds. The van der Waals surface area contributed by atoms with E-state index >= 15 is 0 Å². The molecule has 1 heterocycles. The molecule has 100 valence electrons. The van der Waals surface area contributed by atoms with Gasteiger partial charge in [-0.1, -0.05) is 17.7 Å². The molecular weight excluding hydrogens is 284 g/mol. The van der Waals surface area contributed by atoms with Crippen molar-refractivity contribution in [3.8, 4) is 0 Å². The Morgan fingerprint density at radius 2 is 2.11 bits per heavy atom. The van der Waals surface area contributed by atoms with Gasteiger partial charge in [-0.05, 0) is 37.6 Å². The molecule has 0 aliphatic carbocycles. The first kappa shape index (κ1) is 13.8. The first-order chi connectivity index (χ1) is 8.97. The zero-order valence-electron chi connectivity index (χ0n) is 10.5. The molecule has 4 nitrogen and oxygen atoms in total. The Bertz CT molecular complexity index is 612. The molecule has 0 saturated carbocycles. The smallest absolute Gasteiger partial charge is 0.292 e. The number of hydrogen-bond acceptors (Lipinski definition) is 4. The van der Waals surface area contributed by atoms with Crippen LogP contribution in [0.15, 0.2) is 30.3 Å². The van der Waals surface area contributed by atoms with E-state index in [9.17, 15) is 10.1 Å². The van der Waals surface area contributed by atoms with Gasteiger partial charge in [0.25, 0.3) is 5.69 Å². The second kappa shape index (κ2) is 5.59. The largest absolute Gasteiger partial charge is 0.372 e. The highest BCUT2D eigenvalue weighted by Gasteiger charge is 2.16. The van der Waals surface area contributed by atoms with Crippen LogP contribution < -0.4 is 5.32 Å². The molecule has 1 N–H and O–H groups in total. The van der Waals surface area contributed by atoms with Crippen LogP contribution in [-0.4, -0.2) is 4.92 Å². The SMILES string of the molecule is Cc1ccc(NC(C)c2ccc(Cl)s2)c([N+](=O)[O-])c1. The zero-order valence-corrected chi connectivity index (χ0v) is 12.1. The third-order valence-corrected chi connectivity index (χ3v) is 4.16. The third kappa shape index (κ3) is 3.24. The summed E-state index contributed by atoms with van der Waals surface area (Å²) in [4.78, 5) is 11.7. The van der Waals surface area contributed by atoms with Crippen LogP contribution in [-0.2, 0) is 0 Å². The van der Waals surface area contributed by atoms with Crippen molar-refractivity contribution < 1.29 is 4.92 Å². The van der Waals surface area contributed by atoms with Crippen LogP contribution >= 0.6 is 22.9 Å². The van der Waals surface area contributed by atoms with E-state index in [0.29, 0.717) is 10.0 Å². The monoisotopic (exact) mass is 296 g/mol. The summed E-state index contributed by atoms with van der Waals surface area (Å²) in [6, 6.07) is 8.87. The summed E-state index contributed by atoms with van der Waals surface area (Å²) in [7, 11) is 0. The summed E-state index contributed by atoms with van der Waals surface area (Å²) in [5.74, 6) is 0. The molecule has 1 atom stereocenters. The average molecular weight is 297 g/mol. The van der Waals surface area contributed by atoms with Crippen molar-refractivity contribution in [3.63, 3.8) is 0 Å². The predicted molar refractivity (Wildman–Crippen MR) is 79.2 cm³/mol. The molecule has 0 bridgehead atoms. The first-order valence-electron chi connectivity index (χ1n) is 5.74. The molecule has 1 aromatic heterocycles. The normalized spacial score (nSPS) is 12.2. The van der Waals surface area contributed by atoms with Crippen LogP contribution in [0.4, 0.5) is 11.4 Å².